The molecule has 0 radical (unpaired) electrons. The van der Waals surface area contributed by atoms with Crippen molar-refractivity contribution in [2.75, 3.05) is 0 Å². The second kappa shape index (κ2) is 23.2. The molecule has 0 aliphatic rings. The quantitative estimate of drug-likeness (QED) is 0.150. The minimum absolute atomic E-state index is 0.343. The summed E-state index contributed by atoms with van der Waals surface area (Å²) < 4.78 is 0. The normalized spacial score (nSPS) is 11.4. The number of hydrogen-bond donors (Lipinski definition) is 1. The molecule has 0 fully saturated rings. The molecule has 0 unspecified atom stereocenters. The number of carbonyl (C=O) groups is 1. The van der Waals surface area contributed by atoms with Crippen molar-refractivity contribution in [3.8, 4) is 0 Å². The maximum atomic E-state index is 10.4. The molecule has 0 saturated carbocycles. The van der Waals surface area contributed by atoms with Gasteiger partial charge in [-0.15, -0.1) is 0 Å². The van der Waals surface area contributed by atoms with Crippen molar-refractivity contribution in [2.45, 2.75) is 142 Å². The zero-order valence-electron chi connectivity index (χ0n) is 18.4. The van der Waals surface area contributed by atoms with Crippen LogP contribution < -0.4 is 0 Å². The van der Waals surface area contributed by atoms with Crippen LogP contribution in [0, 0.1) is 0 Å². The van der Waals surface area contributed by atoms with Crippen LogP contribution in [0.5, 0.6) is 0 Å². The molecule has 27 heavy (non-hydrogen) atoms. The van der Waals surface area contributed by atoms with Crippen molar-refractivity contribution < 1.29 is 9.90 Å². The molecule has 0 aromatic rings. The fraction of sp³-hybridized carbons (Fsp3) is 0.880. The molecule has 0 amide bonds. The zero-order valence-corrected chi connectivity index (χ0v) is 18.4. The van der Waals surface area contributed by atoms with Gasteiger partial charge in [-0.1, -0.05) is 115 Å². The van der Waals surface area contributed by atoms with Gasteiger partial charge in [-0.25, -0.2) is 0 Å². The van der Waals surface area contributed by atoms with Crippen LogP contribution in [0.4, 0.5) is 0 Å². The van der Waals surface area contributed by atoms with Crippen LogP contribution in [0.3, 0.4) is 0 Å². The van der Waals surface area contributed by atoms with Crippen LogP contribution in [-0.4, -0.2) is 11.1 Å². The third-order valence-electron chi connectivity index (χ3n) is 5.40. The molecule has 0 heterocycles. The van der Waals surface area contributed by atoms with Crippen molar-refractivity contribution in [1.29, 1.82) is 0 Å². The Morgan fingerprint density at radius 3 is 1.26 bits per heavy atom. The van der Waals surface area contributed by atoms with Crippen molar-refractivity contribution in [3.63, 3.8) is 0 Å². The maximum Gasteiger partial charge on any atom is 0.303 e. The van der Waals surface area contributed by atoms with E-state index >= 15 is 0 Å². The van der Waals surface area contributed by atoms with Crippen LogP contribution in [0.25, 0.3) is 0 Å². The van der Waals surface area contributed by atoms with Gasteiger partial charge in [0.15, 0.2) is 0 Å². The largest absolute Gasteiger partial charge is 0.481 e. The molecule has 1 N–H and O–H groups in total. The summed E-state index contributed by atoms with van der Waals surface area (Å²) in [5.41, 5.74) is 0. The molecule has 0 aromatic heterocycles. The minimum Gasteiger partial charge on any atom is -0.481 e. The van der Waals surface area contributed by atoms with Crippen LogP contribution >= 0.6 is 0 Å². The Balaban J connectivity index is 3.05. The number of hydrogen-bond acceptors (Lipinski definition) is 1. The van der Waals surface area contributed by atoms with E-state index in [0.29, 0.717) is 6.42 Å². The lowest BCUT2D eigenvalue weighted by Gasteiger charge is -2.03. The summed E-state index contributed by atoms with van der Waals surface area (Å²) in [6.07, 6.45) is 31.6. The SMILES string of the molecule is CCCCCCC=CCCCCCCCCCCCCCCCCC(=O)O. The molecule has 2 heteroatoms. The van der Waals surface area contributed by atoms with Crippen molar-refractivity contribution >= 4 is 5.97 Å². The standard InChI is InChI=1S/C25H48O2/c1-2-3-4-5-6-7-8-9-10-11-12-13-14-15-16-17-18-19-20-21-22-23-24-25(26)27/h7-8H,2-6,9-24H2,1H3,(H,26,27). The third-order valence-corrected chi connectivity index (χ3v) is 5.40. The van der Waals surface area contributed by atoms with Gasteiger partial charge in [0, 0.05) is 6.42 Å². The van der Waals surface area contributed by atoms with Gasteiger partial charge in [-0.05, 0) is 32.1 Å². The number of carboxylic acid groups (broad SMARTS) is 1. The van der Waals surface area contributed by atoms with E-state index in [1.807, 2.05) is 0 Å². The summed E-state index contributed by atoms with van der Waals surface area (Å²) in [6.45, 7) is 2.27. The highest BCUT2D eigenvalue weighted by Crippen LogP contribution is 2.14. The van der Waals surface area contributed by atoms with E-state index in [1.54, 1.807) is 0 Å². The summed E-state index contributed by atoms with van der Waals surface area (Å²) in [5, 5.41) is 8.58. The number of unbranched alkanes of at least 4 members (excludes halogenated alkanes) is 18. The van der Waals surface area contributed by atoms with Gasteiger partial charge in [0.05, 0.1) is 0 Å². The molecule has 0 aliphatic carbocycles. The van der Waals surface area contributed by atoms with Crippen LogP contribution in [0.2, 0.25) is 0 Å². The summed E-state index contributed by atoms with van der Waals surface area (Å²) in [6, 6.07) is 0. The van der Waals surface area contributed by atoms with E-state index in [1.165, 1.54) is 116 Å². The molecule has 0 atom stereocenters. The first-order valence-electron chi connectivity index (χ1n) is 12.1. The van der Waals surface area contributed by atoms with Crippen molar-refractivity contribution in [1.82, 2.24) is 0 Å². The Bertz CT molecular complexity index is 322. The Kier molecular flexibility index (Phi) is 22.6. The predicted molar refractivity (Wildman–Crippen MR) is 119 cm³/mol. The predicted octanol–water partition coefficient (Wildman–Crippen LogP) is 8.84. The van der Waals surface area contributed by atoms with E-state index in [0.717, 1.165) is 12.8 Å². The van der Waals surface area contributed by atoms with Gasteiger partial charge >= 0.3 is 5.97 Å². The number of rotatable bonds is 22. The maximum absolute atomic E-state index is 10.4. The molecule has 2 nitrogen and oxygen atoms in total. The highest BCUT2D eigenvalue weighted by molar-refractivity contribution is 5.66. The van der Waals surface area contributed by atoms with Crippen LogP contribution in [-0.2, 0) is 4.79 Å². The van der Waals surface area contributed by atoms with Gasteiger partial charge in [0.1, 0.15) is 0 Å². The first-order valence-corrected chi connectivity index (χ1v) is 12.1. The number of aliphatic carboxylic acids is 1. The van der Waals surface area contributed by atoms with Gasteiger partial charge in [0.25, 0.3) is 0 Å². The second-order valence-corrected chi connectivity index (χ2v) is 8.20. The molecule has 0 saturated heterocycles. The van der Waals surface area contributed by atoms with Crippen LogP contribution in [0.1, 0.15) is 142 Å². The summed E-state index contributed by atoms with van der Waals surface area (Å²) in [5.74, 6) is -0.653. The molecule has 0 spiro atoms. The Morgan fingerprint density at radius 1 is 0.556 bits per heavy atom. The lowest BCUT2D eigenvalue weighted by atomic mass is 10.0. The minimum atomic E-state index is -0.653. The molecular formula is C25H48O2. The monoisotopic (exact) mass is 380 g/mol. The van der Waals surface area contributed by atoms with E-state index in [4.69, 9.17) is 5.11 Å². The summed E-state index contributed by atoms with van der Waals surface area (Å²) in [7, 11) is 0. The Hall–Kier alpha value is -0.790. The fourth-order valence-corrected chi connectivity index (χ4v) is 3.58. The lowest BCUT2D eigenvalue weighted by Crippen LogP contribution is -1.93. The molecule has 0 aromatic carbocycles. The lowest BCUT2D eigenvalue weighted by molar-refractivity contribution is -0.137. The number of carboxylic acids is 1. The highest BCUT2D eigenvalue weighted by atomic mass is 16.4. The molecule has 0 rings (SSSR count). The highest BCUT2D eigenvalue weighted by Gasteiger charge is 1.97. The Morgan fingerprint density at radius 2 is 0.889 bits per heavy atom. The topological polar surface area (TPSA) is 37.3 Å². The molecular weight excluding hydrogens is 332 g/mol. The van der Waals surface area contributed by atoms with E-state index in [-0.39, 0.29) is 0 Å². The second-order valence-electron chi connectivity index (χ2n) is 8.20. The zero-order chi connectivity index (χ0) is 19.8. The van der Waals surface area contributed by atoms with E-state index < -0.39 is 5.97 Å². The van der Waals surface area contributed by atoms with Crippen molar-refractivity contribution in [3.05, 3.63) is 12.2 Å². The van der Waals surface area contributed by atoms with E-state index in [9.17, 15) is 4.79 Å². The summed E-state index contributed by atoms with van der Waals surface area (Å²) in [4.78, 5) is 10.4. The molecule has 0 aliphatic heterocycles. The smallest absolute Gasteiger partial charge is 0.303 e. The summed E-state index contributed by atoms with van der Waals surface area (Å²) >= 11 is 0. The average molecular weight is 381 g/mol. The third kappa shape index (κ3) is 25.2. The van der Waals surface area contributed by atoms with Crippen LogP contribution in [0.15, 0.2) is 12.2 Å². The first-order chi connectivity index (χ1) is 13.3. The Labute approximate surface area is 170 Å². The van der Waals surface area contributed by atoms with Gasteiger partial charge in [-0.2, -0.15) is 0 Å². The molecule has 160 valence electrons. The first kappa shape index (κ1) is 26.2. The fourth-order valence-electron chi connectivity index (χ4n) is 3.58. The van der Waals surface area contributed by atoms with Gasteiger partial charge in [0.2, 0.25) is 0 Å². The van der Waals surface area contributed by atoms with E-state index in [2.05, 4.69) is 19.1 Å². The average Bonchev–Trinajstić information content (AvgIpc) is 2.65. The van der Waals surface area contributed by atoms with Gasteiger partial charge in [-0.3, -0.25) is 4.79 Å². The number of allylic oxidation sites excluding steroid dienone is 2. The van der Waals surface area contributed by atoms with Crippen molar-refractivity contribution in [2.24, 2.45) is 0 Å². The molecule has 0 bridgehead atoms. The van der Waals surface area contributed by atoms with Gasteiger partial charge < -0.3 is 5.11 Å².